The number of hydrogen-bond donors (Lipinski definition) is 1. The number of benzene rings is 2. The first-order chi connectivity index (χ1) is 14.1. The Hall–Kier alpha value is -1.51. The van der Waals surface area contributed by atoms with E-state index in [4.69, 9.17) is 16.3 Å². The van der Waals surface area contributed by atoms with Crippen LogP contribution < -0.4 is 10.1 Å². The van der Waals surface area contributed by atoms with Crippen molar-refractivity contribution in [2.24, 2.45) is 23.2 Å². The minimum Gasteiger partial charge on any atom is -0.489 e. The standard InChI is InChI=1S/C26H32ClNO/c1-18(26-13-21-9-22(14-26)11-23(10-21)15-26)28-16-20-3-2-4-25(12-20)29-17-19-5-7-24(27)8-6-19/h2-8,12,18,21-23,28H,9-11,13-17H2,1H3. The molecule has 4 aliphatic carbocycles. The predicted octanol–water partition coefficient (Wildman–Crippen LogP) is 6.61. The summed E-state index contributed by atoms with van der Waals surface area (Å²) in [7, 11) is 0. The van der Waals surface area contributed by atoms with Crippen molar-refractivity contribution >= 4 is 11.6 Å². The second-order valence-corrected chi connectivity index (χ2v) is 10.4. The summed E-state index contributed by atoms with van der Waals surface area (Å²) in [6, 6.07) is 17.0. The van der Waals surface area contributed by atoms with E-state index in [-0.39, 0.29) is 0 Å². The Morgan fingerprint density at radius 3 is 2.28 bits per heavy atom. The lowest BCUT2D eigenvalue weighted by Gasteiger charge is -2.59. The Labute approximate surface area is 180 Å². The van der Waals surface area contributed by atoms with Gasteiger partial charge >= 0.3 is 0 Å². The molecule has 3 heteroatoms. The van der Waals surface area contributed by atoms with E-state index in [1.54, 1.807) is 0 Å². The molecule has 0 aliphatic heterocycles. The summed E-state index contributed by atoms with van der Waals surface area (Å²) in [5.41, 5.74) is 2.99. The first-order valence-electron chi connectivity index (χ1n) is 11.3. The van der Waals surface area contributed by atoms with Crippen LogP contribution in [0, 0.1) is 23.2 Å². The minimum absolute atomic E-state index is 0.553. The van der Waals surface area contributed by atoms with Gasteiger partial charge < -0.3 is 10.1 Å². The summed E-state index contributed by atoms with van der Waals surface area (Å²) in [5, 5.41) is 4.65. The van der Waals surface area contributed by atoms with Gasteiger partial charge in [-0.2, -0.15) is 0 Å². The number of halogens is 1. The van der Waals surface area contributed by atoms with Crippen molar-refractivity contribution in [3.63, 3.8) is 0 Å². The molecule has 2 nitrogen and oxygen atoms in total. The van der Waals surface area contributed by atoms with Gasteiger partial charge in [0.2, 0.25) is 0 Å². The third-order valence-electron chi connectivity index (χ3n) is 7.83. The first kappa shape index (κ1) is 19.5. The lowest BCUT2D eigenvalue weighted by Crippen LogP contribution is -2.54. The van der Waals surface area contributed by atoms with Crippen LogP contribution in [0.5, 0.6) is 5.75 Å². The Bertz CT molecular complexity index is 811. The van der Waals surface area contributed by atoms with E-state index in [1.165, 1.54) is 44.1 Å². The monoisotopic (exact) mass is 409 g/mol. The molecule has 0 heterocycles. The van der Waals surface area contributed by atoms with E-state index in [0.717, 1.165) is 40.6 Å². The SMILES string of the molecule is CC(NCc1cccc(OCc2ccc(Cl)cc2)c1)C12CC3CC(CC(C3)C1)C2. The zero-order valence-corrected chi connectivity index (χ0v) is 18.1. The second-order valence-electron chi connectivity index (χ2n) is 9.95. The average molecular weight is 410 g/mol. The Kier molecular flexibility index (Phi) is 5.34. The third-order valence-corrected chi connectivity index (χ3v) is 8.09. The summed E-state index contributed by atoms with van der Waals surface area (Å²) in [6.07, 6.45) is 8.91. The molecule has 4 fully saturated rings. The fourth-order valence-electron chi connectivity index (χ4n) is 6.69. The van der Waals surface area contributed by atoms with Gasteiger partial charge in [0.25, 0.3) is 0 Å². The smallest absolute Gasteiger partial charge is 0.120 e. The van der Waals surface area contributed by atoms with Crippen LogP contribution in [0.3, 0.4) is 0 Å². The molecule has 4 bridgehead atoms. The molecule has 2 aromatic rings. The van der Waals surface area contributed by atoms with Crippen molar-refractivity contribution in [1.29, 1.82) is 0 Å². The van der Waals surface area contributed by atoms with Crippen LogP contribution >= 0.6 is 11.6 Å². The van der Waals surface area contributed by atoms with Crippen LogP contribution in [0.4, 0.5) is 0 Å². The summed E-state index contributed by atoms with van der Waals surface area (Å²) in [4.78, 5) is 0. The fraction of sp³-hybridized carbons (Fsp3) is 0.538. The molecule has 0 aromatic heterocycles. The highest BCUT2D eigenvalue weighted by Gasteiger charge is 2.52. The Morgan fingerprint density at radius 1 is 0.966 bits per heavy atom. The number of rotatable bonds is 7. The van der Waals surface area contributed by atoms with Gasteiger partial charge in [-0.05, 0) is 104 Å². The maximum atomic E-state index is 6.01. The van der Waals surface area contributed by atoms with E-state index in [1.807, 2.05) is 30.3 Å². The van der Waals surface area contributed by atoms with Crippen molar-refractivity contribution in [3.8, 4) is 5.75 Å². The van der Waals surface area contributed by atoms with Gasteiger partial charge in [-0.1, -0.05) is 35.9 Å². The lowest BCUT2D eigenvalue weighted by molar-refractivity contribution is -0.0706. The average Bonchev–Trinajstić information content (AvgIpc) is 2.71. The van der Waals surface area contributed by atoms with Gasteiger partial charge in [-0.3, -0.25) is 0 Å². The van der Waals surface area contributed by atoms with Crippen molar-refractivity contribution in [2.75, 3.05) is 0 Å². The third kappa shape index (κ3) is 4.20. The van der Waals surface area contributed by atoms with E-state index < -0.39 is 0 Å². The maximum Gasteiger partial charge on any atom is 0.120 e. The Balaban J connectivity index is 1.18. The molecule has 0 radical (unpaired) electrons. The van der Waals surface area contributed by atoms with Crippen LogP contribution in [-0.2, 0) is 13.2 Å². The van der Waals surface area contributed by atoms with Crippen LogP contribution in [0.15, 0.2) is 48.5 Å². The molecule has 0 spiro atoms. The molecule has 2 aromatic carbocycles. The molecular weight excluding hydrogens is 378 g/mol. The van der Waals surface area contributed by atoms with Crippen molar-refractivity contribution in [2.45, 2.75) is 64.6 Å². The van der Waals surface area contributed by atoms with E-state index in [0.29, 0.717) is 18.1 Å². The van der Waals surface area contributed by atoms with Crippen LogP contribution in [0.2, 0.25) is 5.02 Å². The molecule has 1 atom stereocenters. The van der Waals surface area contributed by atoms with Gasteiger partial charge in [-0.15, -0.1) is 0 Å². The molecule has 29 heavy (non-hydrogen) atoms. The molecule has 0 saturated heterocycles. The van der Waals surface area contributed by atoms with E-state index in [9.17, 15) is 0 Å². The lowest BCUT2D eigenvalue weighted by atomic mass is 9.48. The van der Waals surface area contributed by atoms with Gasteiger partial charge in [0.15, 0.2) is 0 Å². The summed E-state index contributed by atoms with van der Waals surface area (Å²) >= 11 is 5.96. The first-order valence-corrected chi connectivity index (χ1v) is 11.7. The molecular formula is C26H32ClNO. The zero-order valence-electron chi connectivity index (χ0n) is 17.4. The molecule has 4 saturated carbocycles. The van der Waals surface area contributed by atoms with Crippen LogP contribution in [0.25, 0.3) is 0 Å². The fourth-order valence-corrected chi connectivity index (χ4v) is 6.81. The van der Waals surface area contributed by atoms with Crippen molar-refractivity contribution in [3.05, 3.63) is 64.7 Å². The topological polar surface area (TPSA) is 21.3 Å². The van der Waals surface area contributed by atoms with E-state index in [2.05, 4.69) is 30.4 Å². The molecule has 4 aliphatic rings. The number of hydrogen-bond acceptors (Lipinski definition) is 2. The Morgan fingerprint density at radius 2 is 1.62 bits per heavy atom. The largest absolute Gasteiger partial charge is 0.489 e. The number of ether oxygens (including phenoxy) is 1. The molecule has 1 N–H and O–H groups in total. The highest BCUT2D eigenvalue weighted by Crippen LogP contribution is 2.61. The molecule has 1 unspecified atom stereocenters. The number of nitrogens with one attached hydrogen (secondary N) is 1. The molecule has 154 valence electrons. The molecule has 0 amide bonds. The highest BCUT2D eigenvalue weighted by molar-refractivity contribution is 6.30. The van der Waals surface area contributed by atoms with Crippen LogP contribution in [0.1, 0.15) is 56.6 Å². The van der Waals surface area contributed by atoms with E-state index >= 15 is 0 Å². The van der Waals surface area contributed by atoms with Gasteiger partial charge in [-0.25, -0.2) is 0 Å². The van der Waals surface area contributed by atoms with Crippen molar-refractivity contribution < 1.29 is 4.74 Å². The van der Waals surface area contributed by atoms with Gasteiger partial charge in [0, 0.05) is 17.6 Å². The predicted molar refractivity (Wildman–Crippen MR) is 119 cm³/mol. The van der Waals surface area contributed by atoms with Gasteiger partial charge in [0.05, 0.1) is 0 Å². The summed E-state index contributed by atoms with van der Waals surface area (Å²) in [6.45, 7) is 3.92. The quantitative estimate of drug-likeness (QED) is 0.555. The maximum absolute atomic E-state index is 6.01. The summed E-state index contributed by atoms with van der Waals surface area (Å²) < 4.78 is 6.01. The van der Waals surface area contributed by atoms with Crippen LogP contribution in [-0.4, -0.2) is 6.04 Å². The highest BCUT2D eigenvalue weighted by atomic mass is 35.5. The summed E-state index contributed by atoms with van der Waals surface area (Å²) in [5.74, 6) is 3.96. The minimum atomic E-state index is 0.553. The second kappa shape index (κ2) is 7.96. The van der Waals surface area contributed by atoms with Gasteiger partial charge in [0.1, 0.15) is 12.4 Å². The molecule has 6 rings (SSSR count). The van der Waals surface area contributed by atoms with Crippen molar-refractivity contribution in [1.82, 2.24) is 5.32 Å². The normalized spacial score (nSPS) is 31.0. The zero-order chi connectivity index (χ0) is 19.8.